The second kappa shape index (κ2) is 9.18. The summed E-state index contributed by atoms with van der Waals surface area (Å²) in [6, 6.07) is 6.62. The van der Waals surface area contributed by atoms with E-state index < -0.39 is 34.4 Å². The van der Waals surface area contributed by atoms with E-state index in [0.717, 1.165) is 5.39 Å². The zero-order valence-corrected chi connectivity index (χ0v) is 18.2. The largest absolute Gasteiger partial charge is 0.450 e. The minimum atomic E-state index is -3.15. The van der Waals surface area contributed by atoms with Gasteiger partial charge in [0.15, 0.2) is 16.4 Å². The highest BCUT2D eigenvalue weighted by Crippen LogP contribution is 2.27. The number of hydrogen-bond acceptors (Lipinski definition) is 7. The number of furan rings is 1. The number of para-hydroxylation sites is 1. The Balaban J connectivity index is 1.75. The summed E-state index contributed by atoms with van der Waals surface area (Å²) < 4.78 is 39.8. The molecule has 0 spiro atoms. The van der Waals surface area contributed by atoms with E-state index in [1.807, 2.05) is 26.0 Å². The summed E-state index contributed by atoms with van der Waals surface area (Å²) in [6.45, 7) is 3.46. The fraction of sp³-hybridized carbons (Fsp3) is 0.524. The molecule has 0 N–H and O–H groups in total. The summed E-state index contributed by atoms with van der Waals surface area (Å²) in [5.74, 6) is -1.15. The van der Waals surface area contributed by atoms with Gasteiger partial charge < -0.3 is 18.8 Å². The Labute approximate surface area is 176 Å². The molecule has 2 atom stereocenters. The minimum absolute atomic E-state index is 0.00406. The normalized spacial score (nSPS) is 19.0. The molecular formula is C21H27NO7S. The van der Waals surface area contributed by atoms with Crippen molar-refractivity contribution in [1.29, 1.82) is 0 Å². The molecule has 0 aliphatic carbocycles. The molecule has 9 heteroatoms. The molecule has 3 rings (SSSR count). The molecule has 2 heterocycles. The van der Waals surface area contributed by atoms with Crippen LogP contribution < -0.4 is 0 Å². The summed E-state index contributed by atoms with van der Waals surface area (Å²) in [4.78, 5) is 27.1. The first-order chi connectivity index (χ1) is 14.3. The summed E-state index contributed by atoms with van der Waals surface area (Å²) in [5.41, 5.74) is 1.09. The zero-order valence-electron chi connectivity index (χ0n) is 17.4. The van der Waals surface area contributed by atoms with Gasteiger partial charge in [0.1, 0.15) is 5.58 Å². The van der Waals surface area contributed by atoms with Crippen LogP contribution >= 0.6 is 0 Å². The van der Waals surface area contributed by atoms with Crippen LogP contribution in [0.2, 0.25) is 0 Å². The number of carbonyl (C=O) groups is 2. The van der Waals surface area contributed by atoms with Crippen LogP contribution in [-0.4, -0.2) is 62.5 Å². The number of benzene rings is 1. The lowest BCUT2D eigenvalue weighted by Gasteiger charge is -2.33. The van der Waals surface area contributed by atoms with Gasteiger partial charge in [-0.3, -0.25) is 4.79 Å². The number of carbonyl (C=O) groups excluding carboxylic acids is 2. The van der Waals surface area contributed by atoms with Gasteiger partial charge in [-0.05, 0) is 25.8 Å². The smallest absolute Gasteiger partial charge is 0.375 e. The Hall–Kier alpha value is -2.39. The van der Waals surface area contributed by atoms with Crippen LogP contribution in [0.5, 0.6) is 0 Å². The van der Waals surface area contributed by atoms with Crippen molar-refractivity contribution < 1.29 is 31.9 Å². The number of amides is 1. The van der Waals surface area contributed by atoms with Gasteiger partial charge in [-0.2, -0.15) is 0 Å². The number of methoxy groups -OCH3 is 1. The highest BCUT2D eigenvalue weighted by atomic mass is 32.2. The first-order valence-corrected chi connectivity index (χ1v) is 11.8. The van der Waals surface area contributed by atoms with Gasteiger partial charge in [0.25, 0.3) is 5.91 Å². The Morgan fingerprint density at radius 3 is 2.67 bits per heavy atom. The van der Waals surface area contributed by atoms with Gasteiger partial charge in [0.2, 0.25) is 5.76 Å². The quantitative estimate of drug-likeness (QED) is 0.585. The SMILES string of the molecule is CC[C@@H](C)N(C(=O)COC(=O)c1oc2ccccc2c1COC)[C@H]1CCS(=O)(=O)C1. The molecule has 164 valence electrons. The van der Waals surface area contributed by atoms with E-state index in [4.69, 9.17) is 13.9 Å². The third-order valence-electron chi connectivity index (χ3n) is 5.45. The van der Waals surface area contributed by atoms with Crippen LogP contribution in [0.1, 0.15) is 42.8 Å². The first-order valence-electron chi connectivity index (χ1n) is 9.95. The van der Waals surface area contributed by atoms with E-state index in [1.165, 1.54) is 7.11 Å². The predicted molar refractivity (Wildman–Crippen MR) is 111 cm³/mol. The fourth-order valence-electron chi connectivity index (χ4n) is 3.82. The summed E-state index contributed by atoms with van der Waals surface area (Å²) in [6.07, 6.45) is 1.06. The Kier molecular flexibility index (Phi) is 6.82. The number of rotatable bonds is 8. The molecule has 1 amide bonds. The average molecular weight is 438 g/mol. The topological polar surface area (TPSA) is 103 Å². The Morgan fingerprint density at radius 1 is 1.30 bits per heavy atom. The van der Waals surface area contributed by atoms with Gasteiger partial charge in [-0.15, -0.1) is 0 Å². The van der Waals surface area contributed by atoms with Crippen molar-refractivity contribution in [3.63, 3.8) is 0 Å². The highest BCUT2D eigenvalue weighted by Gasteiger charge is 2.37. The van der Waals surface area contributed by atoms with E-state index >= 15 is 0 Å². The summed E-state index contributed by atoms with van der Waals surface area (Å²) in [7, 11) is -1.63. The number of fused-ring (bicyclic) bond motifs is 1. The van der Waals surface area contributed by atoms with Crippen molar-refractivity contribution in [2.45, 2.75) is 45.4 Å². The number of nitrogens with zero attached hydrogens (tertiary/aromatic N) is 1. The second-order valence-corrected chi connectivity index (χ2v) is 9.76. The van der Waals surface area contributed by atoms with E-state index in [0.29, 0.717) is 24.0 Å². The Morgan fingerprint density at radius 2 is 2.03 bits per heavy atom. The molecule has 1 fully saturated rings. The molecular weight excluding hydrogens is 410 g/mol. The van der Waals surface area contributed by atoms with E-state index in [1.54, 1.807) is 17.0 Å². The number of esters is 1. The third kappa shape index (κ3) is 4.67. The van der Waals surface area contributed by atoms with Crippen molar-refractivity contribution in [3.8, 4) is 0 Å². The maximum atomic E-state index is 12.9. The van der Waals surface area contributed by atoms with Gasteiger partial charge in [0, 0.05) is 30.1 Å². The standard InChI is InChI=1S/C21H27NO7S/c1-4-14(2)22(15-9-10-30(25,26)13-15)19(23)12-28-21(24)20-17(11-27-3)16-7-5-6-8-18(16)29-20/h5-8,14-15H,4,9-13H2,1-3H3/t14-,15+/m1/s1. The lowest BCUT2D eigenvalue weighted by atomic mass is 10.1. The Bertz CT molecular complexity index is 1030. The van der Waals surface area contributed by atoms with E-state index in [-0.39, 0.29) is 29.9 Å². The lowest BCUT2D eigenvalue weighted by molar-refractivity contribution is -0.138. The van der Waals surface area contributed by atoms with Crippen molar-refractivity contribution in [1.82, 2.24) is 4.90 Å². The minimum Gasteiger partial charge on any atom is -0.450 e. The lowest BCUT2D eigenvalue weighted by Crippen LogP contribution is -2.48. The second-order valence-electron chi connectivity index (χ2n) is 7.53. The van der Waals surface area contributed by atoms with Crippen LogP contribution in [0.4, 0.5) is 0 Å². The number of ether oxygens (including phenoxy) is 2. The molecule has 1 aromatic carbocycles. The molecule has 8 nitrogen and oxygen atoms in total. The molecule has 1 aromatic heterocycles. The van der Waals surface area contributed by atoms with Crippen LogP contribution in [0, 0.1) is 0 Å². The fourth-order valence-corrected chi connectivity index (χ4v) is 5.53. The van der Waals surface area contributed by atoms with Crippen molar-refractivity contribution in [2.75, 3.05) is 25.2 Å². The van der Waals surface area contributed by atoms with Gasteiger partial charge in [0.05, 0.1) is 18.1 Å². The summed E-state index contributed by atoms with van der Waals surface area (Å²) >= 11 is 0. The van der Waals surface area contributed by atoms with Crippen LogP contribution in [0.3, 0.4) is 0 Å². The molecule has 0 unspecified atom stereocenters. The molecule has 1 saturated heterocycles. The monoisotopic (exact) mass is 437 g/mol. The van der Waals surface area contributed by atoms with Gasteiger partial charge in [-0.25, -0.2) is 13.2 Å². The first kappa shape index (κ1) is 22.3. The molecule has 0 saturated carbocycles. The van der Waals surface area contributed by atoms with E-state index in [9.17, 15) is 18.0 Å². The molecule has 1 aliphatic heterocycles. The summed E-state index contributed by atoms with van der Waals surface area (Å²) in [5, 5.41) is 0.745. The third-order valence-corrected chi connectivity index (χ3v) is 7.20. The molecule has 0 radical (unpaired) electrons. The molecule has 30 heavy (non-hydrogen) atoms. The van der Waals surface area contributed by atoms with Crippen LogP contribution in [-0.2, 0) is 30.7 Å². The highest BCUT2D eigenvalue weighted by molar-refractivity contribution is 7.91. The van der Waals surface area contributed by atoms with Crippen LogP contribution in [0.15, 0.2) is 28.7 Å². The predicted octanol–water partition coefficient (Wildman–Crippen LogP) is 2.55. The van der Waals surface area contributed by atoms with Crippen LogP contribution in [0.25, 0.3) is 11.0 Å². The number of sulfone groups is 1. The average Bonchev–Trinajstić information content (AvgIpc) is 3.26. The molecule has 1 aliphatic rings. The molecule has 2 aromatic rings. The van der Waals surface area contributed by atoms with Crippen molar-refractivity contribution >= 4 is 32.7 Å². The number of hydrogen-bond donors (Lipinski definition) is 0. The maximum absolute atomic E-state index is 12.9. The van der Waals surface area contributed by atoms with Crippen molar-refractivity contribution in [2.24, 2.45) is 0 Å². The van der Waals surface area contributed by atoms with Gasteiger partial charge >= 0.3 is 5.97 Å². The van der Waals surface area contributed by atoms with E-state index in [2.05, 4.69) is 0 Å². The molecule has 0 bridgehead atoms. The van der Waals surface area contributed by atoms with Gasteiger partial charge in [-0.1, -0.05) is 25.1 Å². The zero-order chi connectivity index (χ0) is 21.9. The maximum Gasteiger partial charge on any atom is 0.375 e. The van der Waals surface area contributed by atoms with Crippen molar-refractivity contribution in [3.05, 3.63) is 35.6 Å².